The molecular weight excluding hydrogens is 408 g/mol. The Labute approximate surface area is 195 Å². The minimum Gasteiger partial charge on any atom is -0.354 e. The second-order valence-corrected chi connectivity index (χ2v) is 7.82. The van der Waals surface area contributed by atoms with Crippen LogP contribution in [0.4, 0.5) is 0 Å². The van der Waals surface area contributed by atoms with Crippen LogP contribution >= 0.6 is 0 Å². The van der Waals surface area contributed by atoms with Gasteiger partial charge in [-0.3, -0.25) is 9.59 Å². The van der Waals surface area contributed by atoms with Crippen molar-refractivity contribution < 1.29 is 9.59 Å². The first-order valence-corrected chi connectivity index (χ1v) is 11.2. The first kappa shape index (κ1) is 23.7. The molecule has 0 fully saturated rings. The van der Waals surface area contributed by atoms with Gasteiger partial charge in [0.25, 0.3) is 5.91 Å². The molecule has 0 unspecified atom stereocenters. The second-order valence-electron chi connectivity index (χ2n) is 7.82. The van der Waals surface area contributed by atoms with E-state index in [0.29, 0.717) is 18.5 Å². The Morgan fingerprint density at radius 2 is 1.64 bits per heavy atom. The van der Waals surface area contributed by atoms with E-state index in [2.05, 4.69) is 35.9 Å². The molecule has 168 valence electrons. The number of hydrogen-bond donors (Lipinski definition) is 2. The number of carbonyl (C=O) groups is 2. The molecule has 3 aromatic carbocycles. The van der Waals surface area contributed by atoms with Crippen molar-refractivity contribution in [3.63, 3.8) is 0 Å². The van der Waals surface area contributed by atoms with Gasteiger partial charge in [-0.1, -0.05) is 98.1 Å². The highest BCUT2D eigenvalue weighted by atomic mass is 16.2. The van der Waals surface area contributed by atoms with Crippen LogP contribution in [0.15, 0.2) is 110 Å². The number of benzene rings is 3. The molecule has 4 nitrogen and oxygen atoms in total. The van der Waals surface area contributed by atoms with Crippen LogP contribution in [0.3, 0.4) is 0 Å². The highest BCUT2D eigenvalue weighted by molar-refractivity contribution is 6.08. The summed E-state index contributed by atoms with van der Waals surface area (Å²) < 4.78 is 0. The summed E-state index contributed by atoms with van der Waals surface area (Å²) in [6, 6.07) is 22.7. The molecular formula is C29H30N2O2. The summed E-state index contributed by atoms with van der Waals surface area (Å²) in [5, 5.41) is 7.74. The number of fused-ring (bicyclic) bond motifs is 1. The monoisotopic (exact) mass is 438 g/mol. The molecule has 0 radical (unpaired) electrons. The summed E-state index contributed by atoms with van der Waals surface area (Å²) in [5.41, 5.74) is 2.60. The number of aryl methyl sites for hydroxylation is 1. The molecule has 0 saturated heterocycles. The summed E-state index contributed by atoms with van der Waals surface area (Å²) in [7, 11) is 0. The van der Waals surface area contributed by atoms with Gasteiger partial charge in [-0.15, -0.1) is 0 Å². The van der Waals surface area contributed by atoms with Gasteiger partial charge < -0.3 is 10.6 Å². The highest BCUT2D eigenvalue weighted by Crippen LogP contribution is 2.19. The Balaban J connectivity index is 1.70. The first-order chi connectivity index (χ1) is 16.1. The number of nitrogens with one attached hydrogen (secondary N) is 2. The van der Waals surface area contributed by atoms with Gasteiger partial charge in [0.05, 0.1) is 0 Å². The summed E-state index contributed by atoms with van der Waals surface area (Å²) >= 11 is 0. The number of hydrogen-bond acceptors (Lipinski definition) is 2. The second kappa shape index (κ2) is 12.2. The van der Waals surface area contributed by atoms with E-state index in [1.54, 1.807) is 24.3 Å². The Hall–Kier alpha value is -3.92. The third-order valence-corrected chi connectivity index (χ3v) is 5.47. The van der Waals surface area contributed by atoms with Gasteiger partial charge in [-0.2, -0.15) is 0 Å². The SMILES string of the molecule is C=C/C=C(\C=C)C[C@H](NC(=O)c1cccc2ccccc12)C(=O)NCCCc1ccccc1. The van der Waals surface area contributed by atoms with Gasteiger partial charge in [0.1, 0.15) is 6.04 Å². The van der Waals surface area contributed by atoms with Crippen molar-refractivity contribution in [2.24, 2.45) is 0 Å². The van der Waals surface area contributed by atoms with Crippen molar-refractivity contribution in [2.45, 2.75) is 25.3 Å². The zero-order chi connectivity index (χ0) is 23.5. The molecule has 2 amide bonds. The van der Waals surface area contributed by atoms with Crippen LogP contribution in [0.2, 0.25) is 0 Å². The standard InChI is InChI=1S/C29H30N2O2/c1-3-12-22(4-2)21-27(29(33)30-20-11-15-23-13-6-5-7-14-23)31-28(32)26-19-10-17-24-16-8-9-18-25(24)26/h3-10,12-14,16-19,27H,1-2,11,15,20-21H2,(H,30,33)(H,31,32)/b22-12+/t27-/m0/s1. The van der Waals surface area contributed by atoms with Gasteiger partial charge in [-0.25, -0.2) is 0 Å². The molecule has 3 aromatic rings. The Morgan fingerprint density at radius 1 is 0.909 bits per heavy atom. The summed E-state index contributed by atoms with van der Waals surface area (Å²) in [6.45, 7) is 8.07. The van der Waals surface area contributed by atoms with E-state index in [0.717, 1.165) is 29.2 Å². The Morgan fingerprint density at radius 3 is 2.39 bits per heavy atom. The number of allylic oxidation sites excluding steroid dienone is 3. The lowest BCUT2D eigenvalue weighted by Crippen LogP contribution is -2.47. The van der Waals surface area contributed by atoms with Crippen LogP contribution in [-0.4, -0.2) is 24.4 Å². The van der Waals surface area contributed by atoms with Gasteiger partial charge in [0, 0.05) is 18.5 Å². The third kappa shape index (κ3) is 6.78. The van der Waals surface area contributed by atoms with E-state index in [1.807, 2.05) is 54.6 Å². The van der Waals surface area contributed by atoms with Crippen molar-refractivity contribution in [3.05, 3.63) is 121 Å². The van der Waals surface area contributed by atoms with Gasteiger partial charge in [0.2, 0.25) is 5.91 Å². The number of carbonyl (C=O) groups excluding carboxylic acids is 2. The van der Waals surface area contributed by atoms with E-state index >= 15 is 0 Å². The van der Waals surface area contributed by atoms with Gasteiger partial charge >= 0.3 is 0 Å². The highest BCUT2D eigenvalue weighted by Gasteiger charge is 2.22. The van der Waals surface area contributed by atoms with Crippen molar-refractivity contribution in [1.82, 2.24) is 10.6 Å². The van der Waals surface area contributed by atoms with Crippen molar-refractivity contribution in [2.75, 3.05) is 6.54 Å². The van der Waals surface area contributed by atoms with Crippen LogP contribution in [0.25, 0.3) is 10.8 Å². The van der Waals surface area contributed by atoms with Crippen LogP contribution < -0.4 is 10.6 Å². The van der Waals surface area contributed by atoms with Crippen molar-refractivity contribution in [3.8, 4) is 0 Å². The molecule has 0 spiro atoms. The normalized spacial score (nSPS) is 12.1. The van der Waals surface area contributed by atoms with E-state index in [9.17, 15) is 9.59 Å². The fourth-order valence-corrected chi connectivity index (χ4v) is 3.75. The lowest BCUT2D eigenvalue weighted by Gasteiger charge is -2.20. The van der Waals surface area contributed by atoms with Crippen LogP contribution in [0.1, 0.15) is 28.8 Å². The van der Waals surface area contributed by atoms with E-state index < -0.39 is 6.04 Å². The molecule has 0 aliphatic carbocycles. The average molecular weight is 439 g/mol. The minimum atomic E-state index is -0.725. The number of amides is 2. The fourth-order valence-electron chi connectivity index (χ4n) is 3.75. The predicted octanol–water partition coefficient (Wildman–Crippen LogP) is 5.38. The molecule has 33 heavy (non-hydrogen) atoms. The third-order valence-electron chi connectivity index (χ3n) is 5.47. The van der Waals surface area contributed by atoms with E-state index in [-0.39, 0.29) is 11.8 Å². The maximum atomic E-state index is 13.2. The maximum absolute atomic E-state index is 13.2. The molecule has 0 aromatic heterocycles. The molecule has 1 atom stereocenters. The fraction of sp³-hybridized carbons (Fsp3) is 0.172. The van der Waals surface area contributed by atoms with Gasteiger partial charge in [0.15, 0.2) is 0 Å². The quantitative estimate of drug-likeness (QED) is 0.312. The molecule has 0 heterocycles. The predicted molar refractivity (Wildman–Crippen MR) is 136 cm³/mol. The summed E-state index contributed by atoms with van der Waals surface area (Å²) in [4.78, 5) is 26.2. The van der Waals surface area contributed by atoms with E-state index in [4.69, 9.17) is 0 Å². The topological polar surface area (TPSA) is 58.2 Å². The zero-order valence-electron chi connectivity index (χ0n) is 18.8. The summed E-state index contributed by atoms with van der Waals surface area (Å²) in [5.74, 6) is -0.494. The lowest BCUT2D eigenvalue weighted by molar-refractivity contribution is -0.122. The molecule has 0 aliphatic heterocycles. The zero-order valence-corrected chi connectivity index (χ0v) is 18.8. The summed E-state index contributed by atoms with van der Waals surface area (Å²) in [6.07, 6.45) is 7.15. The molecule has 0 saturated carbocycles. The van der Waals surface area contributed by atoms with Crippen LogP contribution in [-0.2, 0) is 11.2 Å². The minimum absolute atomic E-state index is 0.214. The molecule has 0 bridgehead atoms. The molecule has 2 N–H and O–H groups in total. The Kier molecular flexibility index (Phi) is 8.78. The van der Waals surface area contributed by atoms with Crippen molar-refractivity contribution in [1.29, 1.82) is 0 Å². The largest absolute Gasteiger partial charge is 0.354 e. The number of rotatable bonds is 11. The molecule has 4 heteroatoms. The smallest absolute Gasteiger partial charge is 0.252 e. The van der Waals surface area contributed by atoms with E-state index in [1.165, 1.54) is 5.56 Å². The Bertz CT molecular complexity index is 1140. The van der Waals surface area contributed by atoms with Gasteiger partial charge in [-0.05, 0) is 40.8 Å². The van der Waals surface area contributed by atoms with Crippen molar-refractivity contribution >= 4 is 22.6 Å². The molecule has 0 aliphatic rings. The van der Waals surface area contributed by atoms with Crippen LogP contribution in [0.5, 0.6) is 0 Å². The maximum Gasteiger partial charge on any atom is 0.252 e. The lowest BCUT2D eigenvalue weighted by atomic mass is 10.0. The average Bonchev–Trinajstić information content (AvgIpc) is 2.85. The first-order valence-electron chi connectivity index (χ1n) is 11.2. The van der Waals surface area contributed by atoms with Crippen LogP contribution in [0, 0.1) is 0 Å². The molecule has 3 rings (SSSR count).